The highest BCUT2D eigenvalue weighted by molar-refractivity contribution is 8.23. The predicted molar refractivity (Wildman–Crippen MR) is 92.5 cm³/mol. The number of carbonyl (C=O) groups excluding carboxylic acids is 1. The van der Waals surface area contributed by atoms with Crippen LogP contribution in [0.4, 0.5) is 5.69 Å². The summed E-state index contributed by atoms with van der Waals surface area (Å²) in [6.45, 7) is 2.39. The van der Waals surface area contributed by atoms with Crippen molar-refractivity contribution < 1.29 is 4.79 Å². The summed E-state index contributed by atoms with van der Waals surface area (Å²) < 4.78 is 0.674. The molecular formula is C15H19N3OS2. The van der Waals surface area contributed by atoms with Gasteiger partial charge >= 0.3 is 0 Å². The van der Waals surface area contributed by atoms with E-state index in [1.807, 2.05) is 45.3 Å². The van der Waals surface area contributed by atoms with Crippen LogP contribution in [0.2, 0.25) is 0 Å². The maximum Gasteiger partial charge on any atom is 0.237 e. The molecule has 112 valence electrons. The van der Waals surface area contributed by atoms with Crippen LogP contribution < -0.4 is 4.90 Å². The largest absolute Gasteiger partial charge is 0.364 e. The van der Waals surface area contributed by atoms with E-state index in [4.69, 9.17) is 17.5 Å². The van der Waals surface area contributed by atoms with Crippen molar-refractivity contribution in [2.75, 3.05) is 31.3 Å². The molecule has 0 saturated heterocycles. The molecule has 21 heavy (non-hydrogen) atoms. The van der Waals surface area contributed by atoms with Crippen molar-refractivity contribution in [2.24, 2.45) is 0 Å². The van der Waals surface area contributed by atoms with E-state index in [9.17, 15) is 4.79 Å². The highest BCUT2D eigenvalue weighted by atomic mass is 32.2. The average Bonchev–Trinajstić information content (AvgIpc) is 2.46. The van der Waals surface area contributed by atoms with Crippen LogP contribution in [-0.2, 0) is 4.79 Å². The maximum absolute atomic E-state index is 12.4. The second-order valence-electron chi connectivity index (χ2n) is 4.74. The monoisotopic (exact) mass is 321 g/mol. The third-order valence-electron chi connectivity index (χ3n) is 2.78. The third kappa shape index (κ3) is 5.74. The number of nitriles is 1. The number of benzene rings is 1. The summed E-state index contributed by atoms with van der Waals surface area (Å²) in [5.41, 5.74) is 1.95. The van der Waals surface area contributed by atoms with Crippen molar-refractivity contribution in [2.45, 2.75) is 13.3 Å². The Balaban J connectivity index is 2.77. The zero-order valence-electron chi connectivity index (χ0n) is 12.5. The Hall–Kier alpha value is -1.58. The van der Waals surface area contributed by atoms with Gasteiger partial charge < -0.3 is 9.80 Å². The number of amides is 1. The third-order valence-corrected chi connectivity index (χ3v) is 4.50. The van der Waals surface area contributed by atoms with Crippen LogP contribution in [0.15, 0.2) is 24.3 Å². The van der Waals surface area contributed by atoms with Gasteiger partial charge in [-0.3, -0.25) is 4.79 Å². The zero-order valence-corrected chi connectivity index (χ0v) is 14.1. The molecule has 0 atom stereocenters. The summed E-state index contributed by atoms with van der Waals surface area (Å²) in [5, 5.41) is 8.76. The summed E-state index contributed by atoms with van der Waals surface area (Å²) >= 11 is 6.51. The molecule has 4 nitrogen and oxygen atoms in total. The molecule has 0 aliphatic rings. The molecule has 0 aromatic heterocycles. The smallest absolute Gasteiger partial charge is 0.237 e. The van der Waals surface area contributed by atoms with Gasteiger partial charge in [0.1, 0.15) is 4.32 Å². The molecule has 0 spiro atoms. The van der Waals surface area contributed by atoms with Crippen LogP contribution in [0.1, 0.15) is 12.0 Å². The van der Waals surface area contributed by atoms with Gasteiger partial charge in [0.05, 0.1) is 18.2 Å². The first kappa shape index (κ1) is 17.5. The van der Waals surface area contributed by atoms with Crippen LogP contribution in [-0.4, -0.2) is 41.5 Å². The molecule has 1 aromatic carbocycles. The fourth-order valence-corrected chi connectivity index (χ4v) is 2.45. The minimum absolute atomic E-state index is 0.0386. The van der Waals surface area contributed by atoms with Crippen molar-refractivity contribution in [3.05, 3.63) is 29.8 Å². The van der Waals surface area contributed by atoms with Crippen LogP contribution >= 0.6 is 24.0 Å². The summed E-state index contributed by atoms with van der Waals surface area (Å²) in [6.07, 6.45) is 0.308. The first-order valence-electron chi connectivity index (χ1n) is 6.53. The van der Waals surface area contributed by atoms with Gasteiger partial charge in [0.15, 0.2) is 0 Å². The van der Waals surface area contributed by atoms with E-state index >= 15 is 0 Å². The Labute approximate surface area is 135 Å². The number of aryl methyl sites for hydroxylation is 1. The zero-order chi connectivity index (χ0) is 15.8. The molecule has 0 N–H and O–H groups in total. The molecule has 0 bridgehead atoms. The quantitative estimate of drug-likeness (QED) is 0.781. The van der Waals surface area contributed by atoms with Gasteiger partial charge in [0.25, 0.3) is 0 Å². The lowest BCUT2D eigenvalue weighted by Gasteiger charge is -2.22. The Morgan fingerprint density at radius 1 is 1.33 bits per heavy atom. The van der Waals surface area contributed by atoms with Gasteiger partial charge in [-0.15, -0.1) is 0 Å². The highest BCUT2D eigenvalue weighted by Gasteiger charge is 2.16. The van der Waals surface area contributed by atoms with Crippen LogP contribution in [0.3, 0.4) is 0 Å². The lowest BCUT2D eigenvalue weighted by atomic mass is 10.2. The van der Waals surface area contributed by atoms with Gasteiger partial charge in [-0.05, 0) is 19.1 Å². The molecule has 1 aromatic rings. The molecule has 0 heterocycles. The first-order chi connectivity index (χ1) is 9.95. The standard InChI is InChI=1S/C15H19N3OS2/c1-12-5-7-13(8-6-12)18(10-4-9-16)14(19)11-21-15(20)17(2)3/h5-8H,4,10-11H2,1-3H3. The number of nitrogens with zero attached hydrogens (tertiary/aromatic N) is 3. The van der Waals surface area contributed by atoms with Crippen LogP contribution in [0.25, 0.3) is 0 Å². The lowest BCUT2D eigenvalue weighted by molar-refractivity contribution is -0.116. The number of rotatable bonds is 5. The Morgan fingerprint density at radius 2 is 1.95 bits per heavy atom. The Morgan fingerprint density at radius 3 is 2.48 bits per heavy atom. The molecule has 0 radical (unpaired) electrons. The van der Waals surface area contributed by atoms with E-state index < -0.39 is 0 Å². The van der Waals surface area contributed by atoms with Crippen LogP contribution in [0, 0.1) is 18.3 Å². The average molecular weight is 321 g/mol. The minimum Gasteiger partial charge on any atom is -0.364 e. The molecular weight excluding hydrogens is 302 g/mol. The predicted octanol–water partition coefficient (Wildman–Crippen LogP) is 2.82. The SMILES string of the molecule is Cc1ccc(N(CCC#N)C(=O)CSC(=S)N(C)C)cc1. The molecule has 0 aliphatic carbocycles. The van der Waals surface area contributed by atoms with Crippen LogP contribution in [0.5, 0.6) is 0 Å². The molecule has 0 saturated carbocycles. The van der Waals surface area contributed by atoms with Gasteiger partial charge in [-0.25, -0.2) is 0 Å². The fourth-order valence-electron chi connectivity index (χ4n) is 1.61. The van der Waals surface area contributed by atoms with Gasteiger partial charge in [-0.1, -0.05) is 41.7 Å². The normalized spacial score (nSPS) is 9.81. The van der Waals surface area contributed by atoms with Crippen molar-refractivity contribution in [3.8, 4) is 6.07 Å². The van der Waals surface area contributed by atoms with E-state index in [-0.39, 0.29) is 11.7 Å². The Bertz CT molecular complexity index is 535. The second-order valence-corrected chi connectivity index (χ2v) is 6.35. The number of hydrogen-bond acceptors (Lipinski definition) is 4. The van der Waals surface area contributed by atoms with Crippen molar-refractivity contribution in [1.29, 1.82) is 5.26 Å². The van der Waals surface area contributed by atoms with E-state index in [1.54, 1.807) is 9.80 Å². The second kappa shape index (κ2) is 8.65. The van der Waals surface area contributed by atoms with E-state index in [0.717, 1.165) is 11.3 Å². The minimum atomic E-state index is -0.0386. The first-order valence-corrected chi connectivity index (χ1v) is 7.93. The topological polar surface area (TPSA) is 47.3 Å². The lowest BCUT2D eigenvalue weighted by Crippen LogP contribution is -2.34. The molecule has 0 unspecified atom stereocenters. The number of anilines is 1. The van der Waals surface area contributed by atoms with E-state index in [2.05, 4.69) is 6.07 Å². The molecule has 6 heteroatoms. The molecule has 0 fully saturated rings. The van der Waals surface area contributed by atoms with Crippen molar-refractivity contribution in [3.63, 3.8) is 0 Å². The summed E-state index contributed by atoms with van der Waals surface area (Å²) in [4.78, 5) is 15.8. The van der Waals surface area contributed by atoms with E-state index in [1.165, 1.54) is 11.8 Å². The summed E-state index contributed by atoms with van der Waals surface area (Å²) in [6, 6.07) is 9.80. The maximum atomic E-state index is 12.4. The number of thiocarbonyl (C=S) groups is 1. The molecule has 0 aliphatic heterocycles. The number of hydrogen-bond donors (Lipinski definition) is 0. The van der Waals surface area contributed by atoms with Crippen molar-refractivity contribution in [1.82, 2.24) is 4.90 Å². The Kier molecular flexibility index (Phi) is 7.20. The summed E-state index contributed by atoms with van der Waals surface area (Å²) in [7, 11) is 3.71. The van der Waals surface area contributed by atoms with Gasteiger partial charge in [0, 0.05) is 26.3 Å². The van der Waals surface area contributed by atoms with Gasteiger partial charge in [0.2, 0.25) is 5.91 Å². The number of thioether (sulfide) groups is 1. The molecule has 1 amide bonds. The molecule has 1 rings (SSSR count). The van der Waals surface area contributed by atoms with Gasteiger partial charge in [-0.2, -0.15) is 5.26 Å². The van der Waals surface area contributed by atoms with E-state index in [0.29, 0.717) is 17.3 Å². The highest BCUT2D eigenvalue weighted by Crippen LogP contribution is 2.18. The number of carbonyl (C=O) groups is 1. The summed E-state index contributed by atoms with van der Waals surface area (Å²) in [5.74, 6) is 0.236. The van der Waals surface area contributed by atoms with Crippen molar-refractivity contribution >= 4 is 39.9 Å². The fraction of sp³-hybridized carbons (Fsp3) is 0.400.